The van der Waals surface area contributed by atoms with Crippen LogP contribution >= 0.6 is 11.3 Å². The molecule has 2 heterocycles. The smallest absolute Gasteiger partial charge is 0.326 e. The van der Waals surface area contributed by atoms with Crippen LogP contribution in [-0.2, 0) is 4.79 Å². The minimum atomic E-state index is -0.929. The highest BCUT2D eigenvalue weighted by molar-refractivity contribution is 7.09. The van der Waals surface area contributed by atoms with E-state index in [2.05, 4.69) is 10.3 Å². The van der Waals surface area contributed by atoms with Crippen molar-refractivity contribution >= 4 is 23.3 Å². The predicted octanol–water partition coefficient (Wildman–Crippen LogP) is 2.24. The van der Waals surface area contributed by atoms with Gasteiger partial charge in [0.25, 0.3) is 0 Å². The zero-order valence-electron chi connectivity index (χ0n) is 11.4. The summed E-state index contributed by atoms with van der Waals surface area (Å²) >= 11 is 1.49. The van der Waals surface area contributed by atoms with E-state index in [9.17, 15) is 14.7 Å². The van der Waals surface area contributed by atoms with E-state index in [1.54, 1.807) is 6.20 Å². The van der Waals surface area contributed by atoms with Crippen LogP contribution in [0.1, 0.15) is 43.7 Å². The van der Waals surface area contributed by atoms with Crippen molar-refractivity contribution < 1.29 is 14.7 Å². The van der Waals surface area contributed by atoms with E-state index in [4.69, 9.17) is 0 Å². The third kappa shape index (κ3) is 3.27. The molecule has 1 fully saturated rings. The van der Waals surface area contributed by atoms with Crippen LogP contribution in [0.5, 0.6) is 0 Å². The maximum Gasteiger partial charge on any atom is 0.326 e. The highest BCUT2D eigenvalue weighted by atomic mass is 32.1. The Kier molecular flexibility index (Phi) is 4.94. The molecule has 6 nitrogen and oxygen atoms in total. The Hall–Kier alpha value is -1.63. The van der Waals surface area contributed by atoms with Crippen molar-refractivity contribution in [1.29, 1.82) is 0 Å². The van der Waals surface area contributed by atoms with E-state index in [-0.39, 0.29) is 12.1 Å². The summed E-state index contributed by atoms with van der Waals surface area (Å²) in [5, 5.41) is 14.8. The molecule has 2 rings (SSSR count). The molecule has 1 saturated heterocycles. The number of carboxylic acid groups (broad SMARTS) is 1. The summed E-state index contributed by atoms with van der Waals surface area (Å²) in [5.41, 5.74) is 0. The fourth-order valence-corrected chi connectivity index (χ4v) is 3.18. The Morgan fingerprint density at radius 2 is 2.40 bits per heavy atom. The fraction of sp³-hybridized carbons (Fsp3) is 0.615. The first-order valence-electron chi connectivity index (χ1n) is 6.82. The second-order valence-corrected chi connectivity index (χ2v) is 5.75. The second-order valence-electron chi connectivity index (χ2n) is 4.82. The summed E-state index contributed by atoms with van der Waals surface area (Å²) in [6, 6.07) is -1.17. The Labute approximate surface area is 121 Å². The number of carbonyl (C=O) groups is 2. The molecule has 0 bridgehead atoms. The molecule has 2 N–H and O–H groups in total. The fourth-order valence-electron chi connectivity index (χ4n) is 2.41. The van der Waals surface area contributed by atoms with Gasteiger partial charge in [0.05, 0.1) is 6.04 Å². The number of thiazole rings is 1. The second kappa shape index (κ2) is 6.69. The molecule has 2 unspecified atom stereocenters. The minimum Gasteiger partial charge on any atom is -0.480 e. The molecular weight excluding hydrogens is 278 g/mol. The van der Waals surface area contributed by atoms with Gasteiger partial charge in [-0.1, -0.05) is 6.92 Å². The summed E-state index contributed by atoms with van der Waals surface area (Å²) < 4.78 is 0. The molecule has 0 aromatic carbocycles. The maximum atomic E-state index is 12.3. The van der Waals surface area contributed by atoms with Gasteiger partial charge in [-0.3, -0.25) is 0 Å². The van der Waals surface area contributed by atoms with Crippen LogP contribution in [0.4, 0.5) is 4.79 Å². The Morgan fingerprint density at radius 1 is 1.60 bits per heavy atom. The van der Waals surface area contributed by atoms with Crippen molar-refractivity contribution in [3.8, 4) is 0 Å². The third-order valence-electron chi connectivity index (χ3n) is 3.50. The van der Waals surface area contributed by atoms with Gasteiger partial charge in [0.2, 0.25) is 0 Å². The highest BCUT2D eigenvalue weighted by Gasteiger charge is 2.32. The lowest BCUT2D eigenvalue weighted by Crippen LogP contribution is -2.52. The van der Waals surface area contributed by atoms with Crippen LogP contribution in [0.3, 0.4) is 0 Å². The number of urea groups is 1. The number of nitrogens with one attached hydrogen (secondary N) is 1. The number of likely N-dealkylation sites (tertiary alicyclic amines) is 1. The first-order valence-corrected chi connectivity index (χ1v) is 7.70. The van der Waals surface area contributed by atoms with Crippen molar-refractivity contribution in [1.82, 2.24) is 15.2 Å². The number of aromatic nitrogens is 1. The molecule has 1 aromatic heterocycles. The number of carbonyl (C=O) groups excluding carboxylic acids is 1. The number of piperidine rings is 1. The number of nitrogens with zero attached hydrogens (tertiary/aromatic N) is 2. The average Bonchev–Trinajstić information content (AvgIpc) is 2.98. The molecule has 2 atom stereocenters. The monoisotopic (exact) mass is 297 g/mol. The first kappa shape index (κ1) is 14.8. The summed E-state index contributed by atoms with van der Waals surface area (Å²) in [7, 11) is 0. The molecular formula is C13H19N3O3S. The molecule has 0 spiro atoms. The van der Waals surface area contributed by atoms with Crippen LogP contribution in [0.2, 0.25) is 0 Å². The zero-order chi connectivity index (χ0) is 14.5. The standard InChI is InChI=1S/C13H19N3O3S/c1-2-9(11-14-6-8-20-11)15-13(19)16-7-4-3-5-10(16)12(17)18/h6,8-10H,2-5,7H2,1H3,(H,15,19)(H,17,18). The number of rotatable bonds is 4. The molecule has 1 aromatic rings. The Bertz CT molecular complexity index is 463. The molecule has 0 radical (unpaired) electrons. The van der Waals surface area contributed by atoms with Crippen molar-refractivity contribution in [3.63, 3.8) is 0 Å². The summed E-state index contributed by atoms with van der Waals surface area (Å²) in [6.07, 6.45) is 4.66. The molecule has 0 aliphatic carbocycles. The summed E-state index contributed by atoms with van der Waals surface area (Å²) in [6.45, 7) is 2.47. The van der Waals surface area contributed by atoms with Crippen molar-refractivity contribution in [3.05, 3.63) is 16.6 Å². The van der Waals surface area contributed by atoms with E-state index in [0.717, 1.165) is 24.3 Å². The van der Waals surface area contributed by atoms with Crippen LogP contribution < -0.4 is 5.32 Å². The normalized spacial score (nSPS) is 20.4. The van der Waals surface area contributed by atoms with Crippen molar-refractivity contribution in [2.75, 3.05) is 6.54 Å². The summed E-state index contributed by atoms with van der Waals surface area (Å²) in [5.74, 6) is -0.929. The van der Waals surface area contributed by atoms with E-state index >= 15 is 0 Å². The van der Waals surface area contributed by atoms with Crippen LogP contribution in [0, 0.1) is 0 Å². The first-order chi connectivity index (χ1) is 9.63. The number of hydrogen-bond acceptors (Lipinski definition) is 4. The van der Waals surface area contributed by atoms with Crippen LogP contribution in [0.15, 0.2) is 11.6 Å². The third-order valence-corrected chi connectivity index (χ3v) is 4.39. The topological polar surface area (TPSA) is 82.5 Å². The largest absolute Gasteiger partial charge is 0.480 e. The Morgan fingerprint density at radius 3 is 3.00 bits per heavy atom. The number of aliphatic carboxylic acids is 1. The van der Waals surface area contributed by atoms with Gasteiger partial charge in [-0.25, -0.2) is 14.6 Å². The lowest BCUT2D eigenvalue weighted by atomic mass is 10.0. The number of carboxylic acids is 1. The molecule has 1 aliphatic heterocycles. The highest BCUT2D eigenvalue weighted by Crippen LogP contribution is 2.21. The van der Waals surface area contributed by atoms with Gasteiger partial charge in [-0.2, -0.15) is 0 Å². The molecule has 1 aliphatic rings. The maximum absolute atomic E-state index is 12.3. The number of amides is 2. The van der Waals surface area contributed by atoms with Gasteiger partial charge >= 0.3 is 12.0 Å². The van der Waals surface area contributed by atoms with E-state index in [0.29, 0.717) is 13.0 Å². The van der Waals surface area contributed by atoms with Crippen molar-refractivity contribution in [2.45, 2.75) is 44.7 Å². The SMILES string of the molecule is CCC(NC(=O)N1CCCCC1C(=O)O)c1nccs1. The van der Waals surface area contributed by atoms with Gasteiger partial charge in [0.1, 0.15) is 11.0 Å². The molecule has 7 heteroatoms. The van der Waals surface area contributed by atoms with Gasteiger partial charge < -0.3 is 15.3 Å². The van der Waals surface area contributed by atoms with Gasteiger partial charge in [0, 0.05) is 18.1 Å². The lowest BCUT2D eigenvalue weighted by Gasteiger charge is -2.33. The zero-order valence-corrected chi connectivity index (χ0v) is 12.2. The van der Waals surface area contributed by atoms with Crippen LogP contribution in [0.25, 0.3) is 0 Å². The molecule has 0 saturated carbocycles. The quantitative estimate of drug-likeness (QED) is 0.893. The van der Waals surface area contributed by atoms with Gasteiger partial charge in [-0.05, 0) is 25.7 Å². The van der Waals surface area contributed by atoms with E-state index in [1.165, 1.54) is 16.2 Å². The van der Waals surface area contributed by atoms with Crippen molar-refractivity contribution in [2.24, 2.45) is 0 Å². The minimum absolute atomic E-state index is 0.154. The predicted molar refractivity (Wildman–Crippen MR) is 75.7 cm³/mol. The summed E-state index contributed by atoms with van der Waals surface area (Å²) in [4.78, 5) is 29.2. The average molecular weight is 297 g/mol. The Balaban J connectivity index is 2.04. The van der Waals surface area contributed by atoms with E-state index in [1.807, 2.05) is 12.3 Å². The van der Waals surface area contributed by atoms with Gasteiger partial charge in [-0.15, -0.1) is 11.3 Å². The van der Waals surface area contributed by atoms with E-state index < -0.39 is 12.0 Å². The van der Waals surface area contributed by atoms with Gasteiger partial charge in [0.15, 0.2) is 0 Å². The molecule has 110 valence electrons. The molecule has 20 heavy (non-hydrogen) atoms. The number of hydrogen-bond donors (Lipinski definition) is 2. The lowest BCUT2D eigenvalue weighted by molar-refractivity contribution is -0.143. The van der Waals surface area contributed by atoms with Crippen LogP contribution in [-0.4, -0.2) is 39.6 Å². The molecule has 2 amide bonds.